The fourth-order valence-electron chi connectivity index (χ4n) is 4.04. The number of aromatic nitrogens is 1. The van der Waals surface area contributed by atoms with E-state index in [9.17, 15) is 9.59 Å². The number of anilines is 2. The van der Waals surface area contributed by atoms with E-state index >= 15 is 0 Å². The van der Waals surface area contributed by atoms with Crippen molar-refractivity contribution in [2.45, 2.75) is 27.2 Å². The molecule has 0 unspecified atom stereocenters. The molecule has 0 bridgehead atoms. The molecule has 146 valence electrons. The number of benzene rings is 2. The number of aryl methyl sites for hydroxylation is 3. The van der Waals surface area contributed by atoms with Crippen LogP contribution in [0.2, 0.25) is 0 Å². The Morgan fingerprint density at radius 3 is 2.48 bits per heavy atom. The van der Waals surface area contributed by atoms with E-state index in [4.69, 9.17) is 0 Å². The highest BCUT2D eigenvalue weighted by Gasteiger charge is 2.26. The lowest BCUT2D eigenvalue weighted by molar-refractivity contribution is 0.0987. The molecular weight excluding hydrogens is 362 g/mol. The fourth-order valence-corrected chi connectivity index (χ4v) is 4.04. The molecule has 0 fully saturated rings. The van der Waals surface area contributed by atoms with Crippen LogP contribution in [-0.4, -0.2) is 23.3 Å². The molecule has 5 nitrogen and oxygen atoms in total. The summed E-state index contributed by atoms with van der Waals surface area (Å²) in [5.41, 5.74) is 6.92. The second-order valence-electron chi connectivity index (χ2n) is 7.52. The van der Waals surface area contributed by atoms with E-state index in [1.807, 2.05) is 51.1 Å². The number of hydrogen-bond acceptors (Lipinski definition) is 3. The van der Waals surface area contributed by atoms with E-state index in [0.717, 1.165) is 34.4 Å². The lowest BCUT2D eigenvalue weighted by Gasteiger charge is -2.18. The van der Waals surface area contributed by atoms with Gasteiger partial charge in [-0.25, -0.2) is 0 Å². The van der Waals surface area contributed by atoms with Crippen LogP contribution in [0.15, 0.2) is 54.9 Å². The number of amides is 2. The lowest BCUT2D eigenvalue weighted by Crippen LogP contribution is -2.29. The van der Waals surface area contributed by atoms with Crippen molar-refractivity contribution < 1.29 is 9.59 Å². The van der Waals surface area contributed by atoms with Gasteiger partial charge in [-0.15, -0.1) is 0 Å². The first-order valence-corrected chi connectivity index (χ1v) is 9.68. The van der Waals surface area contributed by atoms with E-state index in [2.05, 4.69) is 10.3 Å². The Morgan fingerprint density at radius 1 is 1.03 bits per heavy atom. The highest BCUT2D eigenvalue weighted by molar-refractivity contribution is 6.09. The van der Waals surface area contributed by atoms with Crippen LogP contribution in [0.4, 0.5) is 11.4 Å². The molecule has 3 aromatic rings. The van der Waals surface area contributed by atoms with Crippen molar-refractivity contribution in [1.29, 1.82) is 0 Å². The van der Waals surface area contributed by atoms with Crippen LogP contribution < -0.4 is 10.2 Å². The molecule has 5 heteroatoms. The number of rotatable bonds is 3. The van der Waals surface area contributed by atoms with E-state index in [0.29, 0.717) is 23.4 Å². The molecule has 0 saturated carbocycles. The first kappa shape index (κ1) is 18.9. The van der Waals surface area contributed by atoms with Gasteiger partial charge in [-0.1, -0.05) is 23.8 Å². The maximum Gasteiger partial charge on any atom is 0.259 e. The summed E-state index contributed by atoms with van der Waals surface area (Å²) < 4.78 is 0. The summed E-state index contributed by atoms with van der Waals surface area (Å²) >= 11 is 0. The molecule has 0 saturated heterocycles. The van der Waals surface area contributed by atoms with E-state index in [1.54, 1.807) is 29.4 Å². The number of fused-ring (bicyclic) bond motifs is 1. The number of carbonyl (C=O) groups excluding carboxylic acids is 2. The van der Waals surface area contributed by atoms with Gasteiger partial charge in [0, 0.05) is 35.9 Å². The van der Waals surface area contributed by atoms with Gasteiger partial charge in [0.25, 0.3) is 11.8 Å². The number of pyridine rings is 1. The first-order valence-electron chi connectivity index (χ1n) is 9.68. The van der Waals surface area contributed by atoms with E-state index in [-0.39, 0.29) is 11.8 Å². The van der Waals surface area contributed by atoms with Crippen molar-refractivity contribution in [1.82, 2.24) is 4.98 Å². The highest BCUT2D eigenvalue weighted by atomic mass is 16.2. The maximum absolute atomic E-state index is 12.9. The molecular formula is C24H23N3O2. The molecule has 29 heavy (non-hydrogen) atoms. The average molecular weight is 385 g/mol. The predicted molar refractivity (Wildman–Crippen MR) is 115 cm³/mol. The maximum atomic E-state index is 12.9. The molecule has 0 aliphatic carbocycles. The number of nitrogens with zero attached hydrogens (tertiary/aromatic N) is 2. The number of carbonyl (C=O) groups is 2. The Bertz CT molecular complexity index is 1080. The average Bonchev–Trinajstić information content (AvgIpc) is 3.10. The molecule has 0 radical (unpaired) electrons. The van der Waals surface area contributed by atoms with Crippen LogP contribution in [0.5, 0.6) is 0 Å². The molecule has 4 rings (SSSR count). The standard InChI is InChI=1S/C24H23N3O2/c1-15-11-16(2)22(17(3)12-15)23(28)26-20-7-6-18-8-10-27(21(18)13-20)24(29)19-5-4-9-25-14-19/h4-7,9,11-14H,8,10H2,1-3H3,(H,26,28). The predicted octanol–water partition coefficient (Wildman–Crippen LogP) is 4.46. The zero-order valence-corrected chi connectivity index (χ0v) is 16.8. The van der Waals surface area contributed by atoms with Gasteiger partial charge >= 0.3 is 0 Å². The molecule has 1 aliphatic rings. The molecule has 0 spiro atoms. The third-order valence-corrected chi connectivity index (χ3v) is 5.30. The van der Waals surface area contributed by atoms with Crippen LogP contribution in [0, 0.1) is 20.8 Å². The molecule has 1 N–H and O–H groups in total. The van der Waals surface area contributed by atoms with Gasteiger partial charge in [0.05, 0.1) is 5.56 Å². The second-order valence-corrected chi connectivity index (χ2v) is 7.52. The van der Waals surface area contributed by atoms with Crippen LogP contribution >= 0.6 is 0 Å². The Balaban J connectivity index is 1.60. The minimum absolute atomic E-state index is 0.0782. The summed E-state index contributed by atoms with van der Waals surface area (Å²) in [7, 11) is 0. The first-order chi connectivity index (χ1) is 13.9. The van der Waals surface area contributed by atoms with E-state index < -0.39 is 0 Å². The second kappa shape index (κ2) is 7.51. The SMILES string of the molecule is Cc1cc(C)c(C(=O)Nc2ccc3c(c2)N(C(=O)c2cccnc2)CC3)c(C)c1. The van der Waals surface area contributed by atoms with Crippen LogP contribution in [0.25, 0.3) is 0 Å². The van der Waals surface area contributed by atoms with Gasteiger partial charge in [0.2, 0.25) is 0 Å². The molecule has 0 atom stereocenters. The summed E-state index contributed by atoms with van der Waals surface area (Å²) in [4.78, 5) is 31.6. The van der Waals surface area contributed by atoms with Gasteiger partial charge in [-0.2, -0.15) is 0 Å². The zero-order chi connectivity index (χ0) is 20.5. The largest absolute Gasteiger partial charge is 0.322 e. The van der Waals surface area contributed by atoms with Crippen LogP contribution in [-0.2, 0) is 6.42 Å². The third-order valence-electron chi connectivity index (χ3n) is 5.30. The Morgan fingerprint density at radius 2 is 1.79 bits per heavy atom. The van der Waals surface area contributed by atoms with Crippen molar-refractivity contribution in [3.8, 4) is 0 Å². The van der Waals surface area contributed by atoms with Gasteiger partial charge in [0.1, 0.15) is 0 Å². The summed E-state index contributed by atoms with van der Waals surface area (Å²) in [5, 5.41) is 3.00. The number of nitrogens with one attached hydrogen (secondary N) is 1. The summed E-state index contributed by atoms with van der Waals surface area (Å²) in [6.07, 6.45) is 4.03. The van der Waals surface area contributed by atoms with E-state index in [1.165, 1.54) is 0 Å². The van der Waals surface area contributed by atoms with Crippen molar-refractivity contribution in [3.63, 3.8) is 0 Å². The smallest absolute Gasteiger partial charge is 0.259 e. The normalized spacial score (nSPS) is 12.6. The monoisotopic (exact) mass is 385 g/mol. The Labute approximate surface area is 170 Å². The topological polar surface area (TPSA) is 62.3 Å². The summed E-state index contributed by atoms with van der Waals surface area (Å²) in [6, 6.07) is 13.3. The number of hydrogen-bond donors (Lipinski definition) is 1. The van der Waals surface area contributed by atoms with Crippen LogP contribution in [0.1, 0.15) is 43.0 Å². The van der Waals surface area contributed by atoms with Gasteiger partial charge in [-0.05, 0) is 68.1 Å². The minimum Gasteiger partial charge on any atom is -0.322 e. The Hall–Kier alpha value is -3.47. The van der Waals surface area contributed by atoms with Crippen molar-refractivity contribution in [3.05, 3.63) is 88.2 Å². The van der Waals surface area contributed by atoms with Gasteiger partial charge < -0.3 is 10.2 Å². The van der Waals surface area contributed by atoms with Gasteiger partial charge in [0.15, 0.2) is 0 Å². The molecule has 2 heterocycles. The zero-order valence-electron chi connectivity index (χ0n) is 16.8. The molecule has 2 amide bonds. The third kappa shape index (κ3) is 3.63. The lowest BCUT2D eigenvalue weighted by atomic mass is 9.99. The minimum atomic E-state index is -0.136. The summed E-state index contributed by atoms with van der Waals surface area (Å²) in [6.45, 7) is 6.55. The molecule has 1 aliphatic heterocycles. The summed E-state index contributed by atoms with van der Waals surface area (Å²) in [5.74, 6) is -0.214. The quantitative estimate of drug-likeness (QED) is 0.724. The molecule has 2 aromatic carbocycles. The van der Waals surface area contributed by atoms with Crippen molar-refractivity contribution >= 4 is 23.2 Å². The van der Waals surface area contributed by atoms with Crippen molar-refractivity contribution in [2.24, 2.45) is 0 Å². The fraction of sp³-hybridized carbons (Fsp3) is 0.208. The van der Waals surface area contributed by atoms with Crippen molar-refractivity contribution in [2.75, 3.05) is 16.8 Å². The van der Waals surface area contributed by atoms with Crippen LogP contribution in [0.3, 0.4) is 0 Å². The Kier molecular flexibility index (Phi) is 4.89. The van der Waals surface area contributed by atoms with Gasteiger partial charge in [-0.3, -0.25) is 14.6 Å². The molecule has 1 aromatic heterocycles. The highest BCUT2D eigenvalue weighted by Crippen LogP contribution is 2.32.